The molecule has 1 aliphatic carbocycles. The van der Waals surface area contributed by atoms with E-state index in [9.17, 15) is 0 Å². The van der Waals surface area contributed by atoms with E-state index in [0.717, 1.165) is 135 Å². The van der Waals surface area contributed by atoms with Crippen LogP contribution in [0.15, 0.2) is 448 Å². The highest BCUT2D eigenvalue weighted by atomic mass is 16.4. The lowest BCUT2D eigenvalue weighted by molar-refractivity contribution is 0.443. The van der Waals surface area contributed by atoms with Crippen LogP contribution in [0.2, 0.25) is 0 Å². The Morgan fingerprint density at radius 2 is 0.476 bits per heavy atom. The molecule has 12 heteroatoms. The predicted octanol–water partition coefficient (Wildman–Crippen LogP) is 38.4. The van der Waals surface area contributed by atoms with Gasteiger partial charge >= 0.3 is 0 Å². The van der Waals surface area contributed by atoms with Crippen molar-refractivity contribution in [2.45, 2.75) is 114 Å². The van der Waals surface area contributed by atoms with Gasteiger partial charge in [-0.25, -0.2) is 19.9 Å². The first-order valence-electron chi connectivity index (χ1n) is 50.0. The molecule has 0 N–H and O–H groups in total. The van der Waals surface area contributed by atoms with Gasteiger partial charge in [-0.3, -0.25) is 0 Å². The highest BCUT2D eigenvalue weighted by Crippen LogP contribution is 2.40. The summed E-state index contributed by atoms with van der Waals surface area (Å²) in [4.78, 5) is 16.7. The van der Waals surface area contributed by atoms with Crippen LogP contribution in [0, 0.1) is 76.2 Å². The maximum absolute atomic E-state index is 8.66. The Morgan fingerprint density at radius 3 is 0.993 bits per heavy atom. The number of para-hydroxylation sites is 6. The molecule has 0 saturated heterocycles. The van der Waals surface area contributed by atoms with E-state index < -0.39 is 0 Å². The van der Waals surface area contributed by atoms with E-state index >= 15 is 0 Å². The summed E-state index contributed by atoms with van der Waals surface area (Å²) in [6, 6.07) is 133. The molecule has 0 radical (unpaired) electrons. The number of aryl methyl sites for hydroxylation is 11. The van der Waals surface area contributed by atoms with Crippen molar-refractivity contribution in [2.24, 2.45) is 0 Å². The van der Waals surface area contributed by atoms with Crippen LogP contribution in [0.4, 0.5) is 0 Å². The van der Waals surface area contributed by atoms with Crippen molar-refractivity contribution in [3.8, 4) is 22.3 Å². The molecule has 1 fully saturated rings. The smallest absolute Gasteiger partial charge is 0.227 e. The van der Waals surface area contributed by atoms with Crippen molar-refractivity contribution >= 4 is 176 Å². The molecule has 1 aliphatic rings. The zero-order valence-electron chi connectivity index (χ0n) is 84.4. The maximum Gasteiger partial charge on any atom is 0.227 e. The minimum Gasteiger partial charge on any atom is -0.456 e. The number of hydrogen-bond donors (Lipinski definition) is 0. The Labute approximate surface area is 843 Å². The van der Waals surface area contributed by atoms with Gasteiger partial charge in [0.05, 0.1) is 0 Å². The number of fused-ring (bicyclic) bond motifs is 24. The molecule has 12 nitrogen and oxygen atoms in total. The number of rotatable bonds is 3. The Morgan fingerprint density at radius 1 is 0.193 bits per heavy atom. The van der Waals surface area contributed by atoms with Crippen LogP contribution >= 0.6 is 0 Å². The van der Waals surface area contributed by atoms with Gasteiger partial charge in [0.15, 0.2) is 0 Å². The quantitative estimate of drug-likeness (QED) is 0.165. The number of hydrogen-bond acceptors (Lipinski definition) is 12. The van der Waals surface area contributed by atoms with E-state index in [1.807, 2.05) is 189 Å². The molecule has 12 heterocycles. The van der Waals surface area contributed by atoms with E-state index in [-0.39, 0.29) is 5.89 Å². The van der Waals surface area contributed by atoms with Crippen LogP contribution in [-0.4, -0.2) is 19.9 Å². The fourth-order valence-electron chi connectivity index (χ4n) is 19.0. The molecule has 0 atom stereocenters. The molecule has 16 aromatic carbocycles. The fourth-order valence-corrected chi connectivity index (χ4v) is 19.0. The maximum atomic E-state index is 8.66. The minimum absolute atomic E-state index is 0.343. The number of furan rings is 8. The number of aromatic nitrogens is 4. The monoisotopic (exact) mass is 1890 g/mol. The second-order valence-corrected chi connectivity index (χ2v) is 37.4. The van der Waals surface area contributed by atoms with Gasteiger partial charge in [-0.2, -0.15) is 0 Å². The van der Waals surface area contributed by atoms with Gasteiger partial charge in [0.1, 0.15) is 67.0 Å². The summed E-state index contributed by atoms with van der Waals surface area (Å²) in [6.45, 7) is 23.0. The Kier molecular flexibility index (Phi) is 28.0. The lowest BCUT2D eigenvalue weighted by atomic mass is 9.84. The Balaban J connectivity index is 0.0000000988. The first-order valence-corrected chi connectivity index (χ1v) is 49.5. The van der Waals surface area contributed by atoms with E-state index in [1.54, 1.807) is 24.8 Å². The van der Waals surface area contributed by atoms with E-state index in [2.05, 4.69) is 295 Å². The Bertz CT molecular complexity index is 8910. The Hall–Kier alpha value is -17.5. The largest absolute Gasteiger partial charge is 0.456 e. The lowest BCUT2D eigenvalue weighted by Crippen LogP contribution is -2.04. The van der Waals surface area contributed by atoms with Crippen molar-refractivity contribution in [1.29, 1.82) is 0 Å². The van der Waals surface area contributed by atoms with Gasteiger partial charge in [0.2, 0.25) is 22.9 Å². The highest BCUT2D eigenvalue weighted by molar-refractivity contribution is 6.11. The van der Waals surface area contributed by atoms with Crippen LogP contribution in [0.5, 0.6) is 0 Å². The molecular weight excluding hydrogens is 1780 g/mol. The van der Waals surface area contributed by atoms with Crippen molar-refractivity contribution in [3.63, 3.8) is 0 Å². The molecule has 0 spiro atoms. The van der Waals surface area contributed by atoms with Gasteiger partial charge in [0, 0.05) is 112 Å². The molecule has 28 aromatic rings. The second-order valence-electron chi connectivity index (χ2n) is 37.4. The molecule has 29 rings (SSSR count). The van der Waals surface area contributed by atoms with Crippen LogP contribution in [-0.2, 0) is 0 Å². The molecule has 0 bridgehead atoms. The van der Waals surface area contributed by atoms with Crippen LogP contribution in [0.1, 0.15) is 106 Å². The number of nitrogens with zero attached hydrogens (tertiary/aromatic N) is 4. The molecule has 12 aromatic heterocycles. The van der Waals surface area contributed by atoms with Crippen molar-refractivity contribution in [1.82, 2.24) is 19.9 Å². The van der Waals surface area contributed by atoms with Gasteiger partial charge in [-0.1, -0.05) is 314 Å². The minimum atomic E-state index is -0.343. The standard InChI is InChI=1S/C19H22.C14H14.4C13H10O.4C12H9NO/c1-15-7-9-17(10-8-15)19-13-11-18(12-14-19)16-5-3-2-4-6-16;1-11-3-7-13(8-4-11)14-9-5-12(2)6-10-14;1-9-5-4-7-11-10-6-2-3-8-12(10)14-13(9)11;1-9-5-4-8-12-13(9)10-6-2-3-7-11(10)14-12;1-9-6-7-13-11(8-9)10-4-2-3-5-12(10)14-13;1-9-6-7-11-10-4-2-3-5-12(10)14-13(11)8-9;1-8-4-2-6-10-11(8)9-5-3-7-13-12(9)14-10;1-8-4-2-5-9-10-6-3-7-13-12(10)14-11(8)9;1-8-4-5-9-10-3-2-6-13-12(10)14-11(9)7-8;1-8-4-5-11-10(7-8)9-3-2-6-13-12(9)14-11/h7-14,16H,2-6H2,1H3;3-10H,1-2H3;4*2-8H,1H3;4*2-7H,1H3/i16D;;;;;;;;;. The summed E-state index contributed by atoms with van der Waals surface area (Å²) in [7, 11) is 0. The summed E-state index contributed by atoms with van der Waals surface area (Å²) >= 11 is 0. The van der Waals surface area contributed by atoms with Crippen LogP contribution < -0.4 is 0 Å². The van der Waals surface area contributed by atoms with Crippen LogP contribution in [0.25, 0.3) is 198 Å². The third-order valence-electron chi connectivity index (χ3n) is 26.6. The zero-order chi connectivity index (χ0) is 100. The fraction of sp³-hybridized carbons (Fsp3) is 0.128. The predicted molar refractivity (Wildman–Crippen MR) is 603 cm³/mol. The highest BCUT2D eigenvalue weighted by Gasteiger charge is 2.18. The average Bonchev–Trinajstić information content (AvgIpc) is 1.50. The van der Waals surface area contributed by atoms with Crippen molar-refractivity contribution in [2.75, 3.05) is 0 Å². The summed E-state index contributed by atoms with van der Waals surface area (Å²) in [5.41, 5.74) is 34.3. The van der Waals surface area contributed by atoms with Gasteiger partial charge in [0.25, 0.3) is 0 Å². The third-order valence-corrected chi connectivity index (χ3v) is 26.6. The van der Waals surface area contributed by atoms with Gasteiger partial charge in [-0.05, 0) is 277 Å². The SMILES string of the molecule is Cc1ccc(-c2ccc(C)cc2)cc1.Cc1ccc2c(c1)oc1ccccc12.Cc1ccc2c(c1)oc1ncccc12.Cc1ccc2oc3ccccc3c2c1.Cc1ccc2oc3ncccc3c2c1.Cc1cccc2c1oc1ccccc12.Cc1cccc2c1oc1ncccc12.Cc1cccc2oc3ccccc3c12.Cc1cccc2oc3ncccc3c12.[2H]C1(c2ccc(-c3ccc(C)cc3)cc2)CCCCC1. The first-order chi connectivity index (χ1) is 71.2. The first kappa shape index (κ1) is 93.8. The summed E-state index contributed by atoms with van der Waals surface area (Å²) < 4.78 is 54.1. The molecule has 0 amide bonds. The molecule has 1 saturated carbocycles. The number of pyridine rings is 4. The molecule has 145 heavy (non-hydrogen) atoms. The second kappa shape index (κ2) is 43.3. The van der Waals surface area contributed by atoms with Crippen molar-refractivity contribution < 1.29 is 36.7 Å². The topological polar surface area (TPSA) is 157 Å². The van der Waals surface area contributed by atoms with Gasteiger partial charge < -0.3 is 35.3 Å². The van der Waals surface area contributed by atoms with E-state index in [0.29, 0.717) is 11.4 Å². The number of benzene rings is 16. The molecule has 712 valence electrons. The third kappa shape index (κ3) is 21.4. The normalized spacial score (nSPS) is 12.1. The van der Waals surface area contributed by atoms with E-state index in [4.69, 9.17) is 36.7 Å². The zero-order valence-corrected chi connectivity index (χ0v) is 83.4. The summed E-state index contributed by atoms with van der Waals surface area (Å²) in [5, 5.41) is 18.6. The molecule has 0 aliphatic heterocycles. The van der Waals surface area contributed by atoms with Gasteiger partial charge in [-0.15, -0.1) is 0 Å². The summed E-state index contributed by atoms with van der Waals surface area (Å²) in [5.74, 6) is -0.343. The summed E-state index contributed by atoms with van der Waals surface area (Å²) in [6.07, 6.45) is 12.7. The van der Waals surface area contributed by atoms with Crippen LogP contribution in [0.3, 0.4) is 0 Å². The lowest BCUT2D eigenvalue weighted by Gasteiger charge is -2.22. The average molecular weight is 1900 g/mol. The van der Waals surface area contributed by atoms with Crippen molar-refractivity contribution in [3.05, 3.63) is 480 Å². The molecular formula is C133H112N4O8. The van der Waals surface area contributed by atoms with E-state index in [1.165, 1.54) is 151 Å². The molecule has 0 unspecified atom stereocenters.